The molecule has 0 fully saturated rings. The van der Waals surface area contributed by atoms with Gasteiger partial charge in [-0.25, -0.2) is 0 Å². The SMILES string of the molecule is CCCc1ccc(O)c(OCC)c1. The van der Waals surface area contributed by atoms with Gasteiger partial charge in [0.2, 0.25) is 0 Å². The normalized spacial score (nSPS) is 10.0. The number of ether oxygens (including phenoxy) is 1. The summed E-state index contributed by atoms with van der Waals surface area (Å²) < 4.78 is 5.27. The third-order valence-corrected chi connectivity index (χ3v) is 1.86. The third-order valence-electron chi connectivity index (χ3n) is 1.86. The van der Waals surface area contributed by atoms with E-state index in [1.165, 1.54) is 5.56 Å². The topological polar surface area (TPSA) is 29.5 Å². The maximum absolute atomic E-state index is 9.41. The van der Waals surface area contributed by atoms with Crippen molar-refractivity contribution in [1.29, 1.82) is 0 Å². The smallest absolute Gasteiger partial charge is 0.161 e. The second kappa shape index (κ2) is 4.75. The molecule has 13 heavy (non-hydrogen) atoms. The lowest BCUT2D eigenvalue weighted by atomic mass is 10.1. The van der Waals surface area contributed by atoms with Crippen LogP contribution in [-0.2, 0) is 6.42 Å². The molecule has 0 aliphatic heterocycles. The number of hydrogen-bond acceptors (Lipinski definition) is 2. The number of phenols is 1. The Labute approximate surface area is 79.2 Å². The van der Waals surface area contributed by atoms with Crippen LogP contribution in [0.3, 0.4) is 0 Å². The number of benzene rings is 1. The minimum Gasteiger partial charge on any atom is -0.504 e. The molecular formula is C11H16O2. The zero-order valence-corrected chi connectivity index (χ0v) is 8.21. The highest BCUT2D eigenvalue weighted by atomic mass is 16.5. The number of aryl methyl sites for hydroxylation is 1. The highest BCUT2D eigenvalue weighted by molar-refractivity contribution is 5.41. The molecule has 1 aromatic carbocycles. The molecule has 1 N–H and O–H groups in total. The van der Waals surface area contributed by atoms with Crippen molar-refractivity contribution in [2.75, 3.05) is 6.61 Å². The van der Waals surface area contributed by atoms with E-state index in [0.29, 0.717) is 12.4 Å². The van der Waals surface area contributed by atoms with Gasteiger partial charge in [0.1, 0.15) is 0 Å². The summed E-state index contributed by atoms with van der Waals surface area (Å²) in [5.74, 6) is 0.815. The van der Waals surface area contributed by atoms with Crippen molar-refractivity contribution in [1.82, 2.24) is 0 Å². The first-order chi connectivity index (χ1) is 6.27. The molecule has 72 valence electrons. The minimum absolute atomic E-state index is 0.224. The highest BCUT2D eigenvalue weighted by Crippen LogP contribution is 2.27. The molecule has 0 saturated heterocycles. The summed E-state index contributed by atoms with van der Waals surface area (Å²) in [6.07, 6.45) is 2.14. The zero-order valence-electron chi connectivity index (χ0n) is 8.21. The Balaban J connectivity index is 2.83. The van der Waals surface area contributed by atoms with Crippen LogP contribution in [0.1, 0.15) is 25.8 Å². The fraction of sp³-hybridized carbons (Fsp3) is 0.455. The van der Waals surface area contributed by atoms with E-state index in [1.807, 2.05) is 19.1 Å². The molecule has 0 aliphatic carbocycles. The Hall–Kier alpha value is -1.18. The molecule has 0 aliphatic rings. The van der Waals surface area contributed by atoms with Gasteiger partial charge < -0.3 is 9.84 Å². The van der Waals surface area contributed by atoms with Crippen molar-refractivity contribution in [3.05, 3.63) is 23.8 Å². The largest absolute Gasteiger partial charge is 0.504 e. The average molecular weight is 180 g/mol. The Kier molecular flexibility index (Phi) is 3.62. The van der Waals surface area contributed by atoms with Crippen molar-refractivity contribution in [2.45, 2.75) is 26.7 Å². The predicted octanol–water partition coefficient (Wildman–Crippen LogP) is 2.74. The van der Waals surface area contributed by atoms with E-state index < -0.39 is 0 Å². The van der Waals surface area contributed by atoms with E-state index >= 15 is 0 Å². The monoisotopic (exact) mass is 180 g/mol. The molecule has 1 rings (SSSR count). The second-order valence-corrected chi connectivity index (χ2v) is 2.99. The van der Waals surface area contributed by atoms with Gasteiger partial charge in [0, 0.05) is 0 Å². The summed E-state index contributed by atoms with van der Waals surface area (Å²) >= 11 is 0. The van der Waals surface area contributed by atoms with E-state index in [4.69, 9.17) is 4.74 Å². The van der Waals surface area contributed by atoms with Crippen molar-refractivity contribution in [3.63, 3.8) is 0 Å². The highest BCUT2D eigenvalue weighted by Gasteiger charge is 2.02. The average Bonchev–Trinajstić information content (AvgIpc) is 2.12. The lowest BCUT2D eigenvalue weighted by molar-refractivity contribution is 0.317. The van der Waals surface area contributed by atoms with E-state index in [-0.39, 0.29) is 5.75 Å². The first-order valence-electron chi connectivity index (χ1n) is 4.72. The van der Waals surface area contributed by atoms with Crippen LogP contribution in [0.2, 0.25) is 0 Å². The van der Waals surface area contributed by atoms with Crippen LogP contribution in [0.25, 0.3) is 0 Å². The maximum atomic E-state index is 9.41. The van der Waals surface area contributed by atoms with E-state index in [9.17, 15) is 5.11 Å². The first-order valence-corrected chi connectivity index (χ1v) is 4.72. The minimum atomic E-state index is 0.224. The first kappa shape index (κ1) is 9.90. The lowest BCUT2D eigenvalue weighted by Crippen LogP contribution is -1.93. The number of hydrogen-bond donors (Lipinski definition) is 1. The van der Waals surface area contributed by atoms with Gasteiger partial charge in [0.15, 0.2) is 11.5 Å². The van der Waals surface area contributed by atoms with E-state index in [1.54, 1.807) is 6.07 Å². The van der Waals surface area contributed by atoms with Crippen LogP contribution >= 0.6 is 0 Å². The molecule has 0 aromatic heterocycles. The van der Waals surface area contributed by atoms with Gasteiger partial charge in [0.25, 0.3) is 0 Å². The summed E-state index contributed by atoms with van der Waals surface area (Å²) in [5, 5.41) is 9.41. The van der Waals surface area contributed by atoms with Gasteiger partial charge in [-0.1, -0.05) is 19.4 Å². The molecule has 0 radical (unpaired) electrons. The Bertz CT molecular complexity index is 269. The molecule has 0 saturated carbocycles. The fourth-order valence-electron chi connectivity index (χ4n) is 1.27. The summed E-state index contributed by atoms with van der Waals surface area (Å²) in [5.41, 5.74) is 1.21. The van der Waals surface area contributed by atoms with Crippen LogP contribution in [0.4, 0.5) is 0 Å². The van der Waals surface area contributed by atoms with Crippen molar-refractivity contribution < 1.29 is 9.84 Å². The number of aromatic hydroxyl groups is 1. The molecule has 0 bridgehead atoms. The van der Waals surface area contributed by atoms with Crippen LogP contribution in [0.5, 0.6) is 11.5 Å². The summed E-state index contributed by atoms with van der Waals surface area (Å²) in [6.45, 7) is 4.63. The van der Waals surface area contributed by atoms with Crippen LogP contribution in [-0.4, -0.2) is 11.7 Å². The van der Waals surface area contributed by atoms with Crippen LogP contribution in [0.15, 0.2) is 18.2 Å². The number of phenolic OH excluding ortho intramolecular Hbond substituents is 1. The molecule has 2 nitrogen and oxygen atoms in total. The zero-order chi connectivity index (χ0) is 9.68. The Morgan fingerprint density at radius 1 is 1.31 bits per heavy atom. The second-order valence-electron chi connectivity index (χ2n) is 2.99. The molecule has 0 unspecified atom stereocenters. The lowest BCUT2D eigenvalue weighted by Gasteiger charge is -2.07. The summed E-state index contributed by atoms with van der Waals surface area (Å²) in [6, 6.07) is 5.53. The van der Waals surface area contributed by atoms with Gasteiger partial charge in [-0.3, -0.25) is 0 Å². The molecular weight excluding hydrogens is 164 g/mol. The van der Waals surface area contributed by atoms with E-state index in [2.05, 4.69) is 6.92 Å². The van der Waals surface area contributed by atoms with E-state index in [0.717, 1.165) is 12.8 Å². The van der Waals surface area contributed by atoms with Crippen LogP contribution in [0, 0.1) is 0 Å². The van der Waals surface area contributed by atoms with Crippen LogP contribution < -0.4 is 4.74 Å². The maximum Gasteiger partial charge on any atom is 0.161 e. The van der Waals surface area contributed by atoms with Crippen molar-refractivity contribution >= 4 is 0 Å². The summed E-state index contributed by atoms with van der Waals surface area (Å²) in [4.78, 5) is 0. The molecule has 0 atom stereocenters. The molecule has 1 aromatic rings. The molecule has 0 spiro atoms. The van der Waals surface area contributed by atoms with Gasteiger partial charge in [-0.15, -0.1) is 0 Å². The predicted molar refractivity (Wildman–Crippen MR) is 53.3 cm³/mol. The van der Waals surface area contributed by atoms with Gasteiger partial charge in [-0.05, 0) is 31.0 Å². The quantitative estimate of drug-likeness (QED) is 0.772. The van der Waals surface area contributed by atoms with Gasteiger partial charge in [-0.2, -0.15) is 0 Å². The van der Waals surface area contributed by atoms with Crippen molar-refractivity contribution in [3.8, 4) is 11.5 Å². The molecule has 0 heterocycles. The molecule has 2 heteroatoms. The Morgan fingerprint density at radius 3 is 2.69 bits per heavy atom. The standard InChI is InChI=1S/C11H16O2/c1-3-5-9-6-7-10(12)11(8-9)13-4-2/h6-8,12H,3-5H2,1-2H3. The third kappa shape index (κ3) is 2.65. The Morgan fingerprint density at radius 2 is 2.08 bits per heavy atom. The van der Waals surface area contributed by atoms with Crippen molar-refractivity contribution in [2.24, 2.45) is 0 Å². The van der Waals surface area contributed by atoms with Gasteiger partial charge >= 0.3 is 0 Å². The number of rotatable bonds is 4. The summed E-state index contributed by atoms with van der Waals surface area (Å²) in [7, 11) is 0. The van der Waals surface area contributed by atoms with Gasteiger partial charge in [0.05, 0.1) is 6.61 Å². The molecule has 0 amide bonds. The fourth-order valence-corrected chi connectivity index (χ4v) is 1.27.